The third-order valence-electron chi connectivity index (χ3n) is 3.67. The Morgan fingerprint density at radius 2 is 2.18 bits per heavy atom. The van der Waals surface area contributed by atoms with Crippen molar-refractivity contribution in [2.75, 3.05) is 12.4 Å². The van der Waals surface area contributed by atoms with Crippen LogP contribution in [0.2, 0.25) is 5.02 Å². The molecule has 12 heteroatoms. The minimum Gasteiger partial charge on any atom is -0.475 e. The number of rotatable bonds is 7. The molecule has 0 saturated carbocycles. The van der Waals surface area contributed by atoms with Gasteiger partial charge in [-0.2, -0.15) is 5.10 Å². The van der Waals surface area contributed by atoms with Gasteiger partial charge in [0.1, 0.15) is 18.6 Å². The topological polar surface area (TPSA) is 117 Å². The molecule has 0 radical (unpaired) electrons. The van der Waals surface area contributed by atoms with Crippen LogP contribution < -0.4 is 10.1 Å². The summed E-state index contributed by atoms with van der Waals surface area (Å²) >= 11 is 5.99. The first-order valence-electron chi connectivity index (χ1n) is 7.88. The van der Waals surface area contributed by atoms with E-state index in [9.17, 15) is 19.3 Å². The average molecular weight is 409 g/mol. The molecule has 0 atom stereocenters. The first kappa shape index (κ1) is 19.3. The summed E-state index contributed by atoms with van der Waals surface area (Å²) < 4.78 is 20.5. The summed E-state index contributed by atoms with van der Waals surface area (Å²) in [6.07, 6.45) is 4.11. The Labute approximate surface area is 162 Å². The van der Waals surface area contributed by atoms with Gasteiger partial charge in [-0.05, 0) is 17.7 Å². The van der Waals surface area contributed by atoms with Crippen LogP contribution in [-0.4, -0.2) is 37.5 Å². The molecule has 2 aromatic heterocycles. The third-order valence-corrected chi connectivity index (χ3v) is 4.02. The summed E-state index contributed by atoms with van der Waals surface area (Å²) in [6.45, 7) is 0.0384. The van der Waals surface area contributed by atoms with Crippen molar-refractivity contribution in [3.05, 3.63) is 63.3 Å². The Bertz CT molecular complexity index is 1030. The van der Waals surface area contributed by atoms with Crippen molar-refractivity contribution in [1.29, 1.82) is 0 Å². The number of aromatic nitrogens is 4. The molecule has 0 aliphatic heterocycles. The normalized spacial score (nSPS) is 10.7. The maximum absolute atomic E-state index is 13.1. The molecule has 146 valence electrons. The molecule has 1 amide bonds. The van der Waals surface area contributed by atoms with Crippen molar-refractivity contribution in [2.24, 2.45) is 0 Å². The first-order chi connectivity index (χ1) is 13.4. The fraction of sp³-hybridized carbons (Fsp3) is 0.188. The van der Waals surface area contributed by atoms with E-state index in [-0.39, 0.29) is 29.7 Å². The lowest BCUT2D eigenvalue weighted by molar-refractivity contribution is -0.385. The fourth-order valence-electron chi connectivity index (χ4n) is 2.43. The number of nitro groups is 1. The lowest BCUT2D eigenvalue weighted by Gasteiger charge is -2.05. The third kappa shape index (κ3) is 4.43. The van der Waals surface area contributed by atoms with Crippen molar-refractivity contribution in [1.82, 2.24) is 19.6 Å². The Morgan fingerprint density at radius 1 is 1.39 bits per heavy atom. The standard InChI is InChI=1S/C16H14ClFN6O4/c1-28-16-14(24(26)27)8-23(21-16)9-15(25)20-12-5-19-22(7-12)6-10-2-3-11(18)4-13(10)17/h2-5,7-8H,6,9H2,1H3,(H,20,25). The van der Waals surface area contributed by atoms with E-state index < -0.39 is 16.6 Å². The minimum absolute atomic E-state index is 0.179. The number of methoxy groups -OCH3 is 1. The second-order valence-electron chi connectivity index (χ2n) is 5.69. The van der Waals surface area contributed by atoms with Crippen molar-refractivity contribution in [3.63, 3.8) is 0 Å². The van der Waals surface area contributed by atoms with Gasteiger partial charge in [-0.25, -0.2) is 4.39 Å². The van der Waals surface area contributed by atoms with Gasteiger partial charge in [0.15, 0.2) is 0 Å². The van der Waals surface area contributed by atoms with Crippen LogP contribution >= 0.6 is 11.6 Å². The molecule has 0 unspecified atom stereocenters. The van der Waals surface area contributed by atoms with Gasteiger partial charge < -0.3 is 10.1 Å². The molecule has 10 nitrogen and oxygen atoms in total. The highest BCUT2D eigenvalue weighted by molar-refractivity contribution is 6.31. The number of amides is 1. The molecule has 0 saturated heterocycles. The van der Waals surface area contributed by atoms with Gasteiger partial charge in [-0.1, -0.05) is 17.7 Å². The maximum Gasteiger partial charge on any atom is 0.350 e. The van der Waals surface area contributed by atoms with Gasteiger partial charge in [-0.3, -0.25) is 24.3 Å². The number of benzene rings is 1. The fourth-order valence-corrected chi connectivity index (χ4v) is 2.66. The number of nitrogens with one attached hydrogen (secondary N) is 1. The zero-order valence-corrected chi connectivity index (χ0v) is 15.3. The van der Waals surface area contributed by atoms with Crippen molar-refractivity contribution in [2.45, 2.75) is 13.1 Å². The van der Waals surface area contributed by atoms with E-state index in [2.05, 4.69) is 15.5 Å². The molecular formula is C16H14ClFN6O4. The molecule has 0 spiro atoms. The van der Waals surface area contributed by atoms with E-state index in [1.54, 1.807) is 12.3 Å². The summed E-state index contributed by atoms with van der Waals surface area (Å²) in [5.74, 6) is -1.07. The number of carbonyl (C=O) groups is 1. The van der Waals surface area contributed by atoms with Crippen LogP contribution in [0.25, 0.3) is 0 Å². The van der Waals surface area contributed by atoms with Crippen LogP contribution in [0.4, 0.5) is 15.8 Å². The molecule has 1 N–H and O–H groups in total. The molecule has 28 heavy (non-hydrogen) atoms. The molecule has 3 rings (SSSR count). The zero-order chi connectivity index (χ0) is 20.3. The molecule has 0 bridgehead atoms. The average Bonchev–Trinajstić information content (AvgIpc) is 3.24. The molecule has 0 fully saturated rings. The molecule has 3 aromatic rings. The second kappa shape index (κ2) is 8.05. The lowest BCUT2D eigenvalue weighted by atomic mass is 10.2. The number of carbonyl (C=O) groups excluding carboxylic acids is 1. The highest BCUT2D eigenvalue weighted by Crippen LogP contribution is 2.24. The molecule has 2 heterocycles. The van der Waals surface area contributed by atoms with Gasteiger partial charge in [-0.15, -0.1) is 5.10 Å². The number of hydrogen-bond acceptors (Lipinski definition) is 6. The Hall–Kier alpha value is -3.47. The smallest absolute Gasteiger partial charge is 0.350 e. The molecule has 0 aliphatic carbocycles. The monoisotopic (exact) mass is 408 g/mol. The van der Waals surface area contributed by atoms with E-state index in [4.69, 9.17) is 16.3 Å². The first-order valence-corrected chi connectivity index (χ1v) is 8.25. The Morgan fingerprint density at radius 3 is 2.82 bits per heavy atom. The van der Waals surface area contributed by atoms with Gasteiger partial charge >= 0.3 is 11.6 Å². The van der Waals surface area contributed by atoms with Crippen molar-refractivity contribution >= 4 is 28.9 Å². The zero-order valence-electron chi connectivity index (χ0n) is 14.5. The summed E-state index contributed by atoms with van der Waals surface area (Å²) in [7, 11) is 1.25. The van der Waals surface area contributed by atoms with E-state index in [0.29, 0.717) is 11.3 Å². The number of ether oxygens (including phenoxy) is 1. The summed E-state index contributed by atoms with van der Waals surface area (Å²) in [6, 6.07) is 4.06. The summed E-state index contributed by atoms with van der Waals surface area (Å²) in [4.78, 5) is 22.4. The summed E-state index contributed by atoms with van der Waals surface area (Å²) in [5.41, 5.74) is 0.746. The van der Waals surface area contributed by atoms with Crippen LogP contribution in [0.5, 0.6) is 5.88 Å². The number of anilines is 1. The van der Waals surface area contributed by atoms with Crippen molar-refractivity contribution in [3.8, 4) is 5.88 Å². The van der Waals surface area contributed by atoms with Gasteiger partial charge in [0.25, 0.3) is 0 Å². The van der Waals surface area contributed by atoms with E-state index in [1.165, 1.54) is 30.1 Å². The van der Waals surface area contributed by atoms with Crippen LogP contribution in [0.1, 0.15) is 5.56 Å². The minimum atomic E-state index is -0.648. The van der Waals surface area contributed by atoms with E-state index >= 15 is 0 Å². The van der Waals surface area contributed by atoms with Gasteiger partial charge in [0, 0.05) is 11.2 Å². The van der Waals surface area contributed by atoms with E-state index in [0.717, 1.165) is 10.9 Å². The number of hydrogen-bond donors (Lipinski definition) is 1. The Balaban J connectivity index is 1.63. The lowest BCUT2D eigenvalue weighted by Crippen LogP contribution is -2.18. The maximum atomic E-state index is 13.1. The predicted molar refractivity (Wildman–Crippen MR) is 96.8 cm³/mol. The molecular weight excluding hydrogens is 395 g/mol. The van der Waals surface area contributed by atoms with Crippen LogP contribution in [0.15, 0.2) is 36.8 Å². The molecule has 1 aromatic carbocycles. The highest BCUT2D eigenvalue weighted by Gasteiger charge is 2.21. The quantitative estimate of drug-likeness (QED) is 0.474. The van der Waals surface area contributed by atoms with Gasteiger partial charge in [0.2, 0.25) is 5.91 Å². The van der Waals surface area contributed by atoms with E-state index in [1.807, 2.05) is 0 Å². The largest absolute Gasteiger partial charge is 0.475 e. The molecule has 0 aliphatic rings. The highest BCUT2D eigenvalue weighted by atomic mass is 35.5. The summed E-state index contributed by atoms with van der Waals surface area (Å²) in [5, 5.41) is 21.7. The second-order valence-corrected chi connectivity index (χ2v) is 6.10. The van der Waals surface area contributed by atoms with Gasteiger partial charge in [0.05, 0.1) is 30.5 Å². The SMILES string of the molecule is COc1nn(CC(=O)Nc2cnn(Cc3ccc(F)cc3Cl)c2)cc1[N+](=O)[O-]. The number of halogens is 2. The number of nitrogens with zero attached hydrogens (tertiary/aromatic N) is 5. The van der Waals surface area contributed by atoms with Crippen LogP contribution in [0.3, 0.4) is 0 Å². The predicted octanol–water partition coefficient (Wildman–Crippen LogP) is 2.48. The van der Waals surface area contributed by atoms with Crippen molar-refractivity contribution < 1.29 is 18.8 Å². The van der Waals surface area contributed by atoms with Crippen LogP contribution in [-0.2, 0) is 17.9 Å². The van der Waals surface area contributed by atoms with Crippen LogP contribution in [0, 0.1) is 15.9 Å². The Kier molecular flexibility index (Phi) is 5.54.